The average molecular weight is 582 g/mol. The number of pyridine rings is 3. The summed E-state index contributed by atoms with van der Waals surface area (Å²) in [4.78, 5) is 15.3. The van der Waals surface area contributed by atoms with Gasteiger partial charge in [0.15, 0.2) is 0 Å². The first kappa shape index (κ1) is 28.4. The third kappa shape index (κ3) is 5.01. The standard InChI is InChI=1S/C42H35N3/c1-30-26-32(28-35(27-30)41(2,33-17-6-4-7-18-33)37-22-12-14-24-43-37)40-36-21-11-10-16-31(36)29-39(45-40)42(3,34-19-8-5-9-20-34)38-23-13-15-25-44-38/h4-29H,1-3H3/t41?,42-/m1/s1. The third-order valence-corrected chi connectivity index (χ3v) is 9.24. The van der Waals surface area contributed by atoms with Crippen molar-refractivity contribution in [2.24, 2.45) is 0 Å². The first-order chi connectivity index (χ1) is 22.0. The van der Waals surface area contributed by atoms with Crippen LogP contribution in [0.15, 0.2) is 158 Å². The van der Waals surface area contributed by atoms with Crippen molar-refractivity contribution in [3.05, 3.63) is 197 Å². The van der Waals surface area contributed by atoms with Gasteiger partial charge < -0.3 is 0 Å². The predicted molar refractivity (Wildman–Crippen MR) is 184 cm³/mol. The third-order valence-electron chi connectivity index (χ3n) is 9.24. The highest BCUT2D eigenvalue weighted by atomic mass is 14.8. The van der Waals surface area contributed by atoms with Crippen LogP contribution in [0, 0.1) is 6.92 Å². The average Bonchev–Trinajstić information content (AvgIpc) is 3.11. The van der Waals surface area contributed by atoms with Crippen LogP contribution in [0.2, 0.25) is 0 Å². The van der Waals surface area contributed by atoms with E-state index < -0.39 is 10.8 Å². The van der Waals surface area contributed by atoms with Crippen LogP contribution in [0.4, 0.5) is 0 Å². The normalized spacial score (nSPS) is 14.0. The van der Waals surface area contributed by atoms with Gasteiger partial charge in [-0.25, -0.2) is 0 Å². The summed E-state index contributed by atoms with van der Waals surface area (Å²) in [6.07, 6.45) is 3.75. The van der Waals surface area contributed by atoms with Crippen LogP contribution in [-0.4, -0.2) is 15.0 Å². The Balaban J connectivity index is 1.50. The number of benzene rings is 4. The Bertz CT molecular complexity index is 1990. The highest BCUT2D eigenvalue weighted by molar-refractivity contribution is 5.95. The minimum absolute atomic E-state index is 0.469. The highest BCUT2D eigenvalue weighted by Crippen LogP contribution is 2.43. The summed E-state index contributed by atoms with van der Waals surface area (Å²) in [5.41, 5.74) is 8.62. The first-order valence-corrected chi connectivity index (χ1v) is 15.4. The number of aryl methyl sites for hydroxylation is 1. The Morgan fingerprint density at radius 1 is 0.467 bits per heavy atom. The molecule has 3 heterocycles. The van der Waals surface area contributed by atoms with Gasteiger partial charge in [-0.05, 0) is 85.3 Å². The van der Waals surface area contributed by atoms with Crippen LogP contribution in [0.5, 0.6) is 0 Å². The summed E-state index contributed by atoms with van der Waals surface area (Å²) in [5.74, 6) is 0. The van der Waals surface area contributed by atoms with Crippen molar-refractivity contribution >= 4 is 10.8 Å². The number of fused-ring (bicyclic) bond motifs is 1. The van der Waals surface area contributed by atoms with Gasteiger partial charge in [0.25, 0.3) is 0 Å². The topological polar surface area (TPSA) is 38.7 Å². The Morgan fingerprint density at radius 3 is 1.64 bits per heavy atom. The second-order valence-corrected chi connectivity index (χ2v) is 12.1. The fourth-order valence-corrected chi connectivity index (χ4v) is 6.63. The summed E-state index contributed by atoms with van der Waals surface area (Å²) in [6.45, 7) is 6.68. The van der Waals surface area contributed by atoms with Crippen LogP contribution >= 0.6 is 0 Å². The van der Waals surface area contributed by atoms with Gasteiger partial charge in [0.05, 0.1) is 33.6 Å². The highest BCUT2D eigenvalue weighted by Gasteiger charge is 2.36. The summed E-state index contributed by atoms with van der Waals surface area (Å²) < 4.78 is 0. The molecule has 3 nitrogen and oxygen atoms in total. The second kappa shape index (κ2) is 11.6. The molecule has 0 radical (unpaired) electrons. The zero-order valence-electron chi connectivity index (χ0n) is 25.9. The van der Waals surface area contributed by atoms with E-state index >= 15 is 0 Å². The Morgan fingerprint density at radius 2 is 1.02 bits per heavy atom. The van der Waals surface area contributed by atoms with Gasteiger partial charge in [-0.1, -0.05) is 109 Å². The molecular weight excluding hydrogens is 546 g/mol. The van der Waals surface area contributed by atoms with E-state index in [1.165, 1.54) is 16.7 Å². The minimum atomic E-state index is -0.569. The fraction of sp³-hybridized carbons (Fsp3) is 0.119. The van der Waals surface area contributed by atoms with E-state index in [0.29, 0.717) is 0 Å². The lowest BCUT2D eigenvalue weighted by Gasteiger charge is -2.32. The molecule has 0 fully saturated rings. The largest absolute Gasteiger partial charge is 0.260 e. The molecule has 218 valence electrons. The summed E-state index contributed by atoms with van der Waals surface area (Å²) in [6, 6.07) is 51.2. The molecule has 0 bridgehead atoms. The SMILES string of the molecule is Cc1cc(-c2nc([C@](C)(c3ccccc3)c3ccccn3)cc3ccccc23)cc(C(C)(c2ccccc2)c2ccccn2)c1. The van der Waals surface area contributed by atoms with E-state index in [9.17, 15) is 0 Å². The summed E-state index contributed by atoms with van der Waals surface area (Å²) in [7, 11) is 0. The van der Waals surface area contributed by atoms with Gasteiger partial charge >= 0.3 is 0 Å². The Labute approximate surface area is 265 Å². The number of hydrogen-bond donors (Lipinski definition) is 0. The number of aromatic nitrogens is 3. The van der Waals surface area contributed by atoms with Crippen molar-refractivity contribution < 1.29 is 0 Å². The zero-order chi connectivity index (χ0) is 30.9. The molecule has 0 aliphatic heterocycles. The van der Waals surface area contributed by atoms with E-state index in [1.807, 2.05) is 24.5 Å². The molecule has 7 aromatic rings. The monoisotopic (exact) mass is 581 g/mol. The van der Waals surface area contributed by atoms with Crippen molar-refractivity contribution in [3.63, 3.8) is 0 Å². The van der Waals surface area contributed by atoms with Gasteiger partial charge in [-0.3, -0.25) is 15.0 Å². The van der Waals surface area contributed by atoms with E-state index in [0.717, 1.165) is 44.7 Å². The molecular formula is C42H35N3. The summed E-state index contributed by atoms with van der Waals surface area (Å²) in [5, 5.41) is 2.27. The molecule has 0 spiro atoms. The molecule has 0 aliphatic rings. The molecule has 3 aromatic heterocycles. The number of nitrogens with zero attached hydrogens (tertiary/aromatic N) is 3. The van der Waals surface area contributed by atoms with E-state index in [2.05, 4.69) is 154 Å². The van der Waals surface area contributed by atoms with Gasteiger partial charge in [-0.15, -0.1) is 0 Å². The van der Waals surface area contributed by atoms with Crippen LogP contribution in [0.1, 0.15) is 53.2 Å². The molecule has 4 aromatic carbocycles. The molecule has 0 N–H and O–H groups in total. The lowest BCUT2D eigenvalue weighted by atomic mass is 9.72. The molecule has 1 unspecified atom stereocenters. The fourth-order valence-electron chi connectivity index (χ4n) is 6.63. The van der Waals surface area contributed by atoms with E-state index in [4.69, 9.17) is 15.0 Å². The van der Waals surface area contributed by atoms with Crippen molar-refractivity contribution in [1.82, 2.24) is 15.0 Å². The van der Waals surface area contributed by atoms with Crippen molar-refractivity contribution in [3.8, 4) is 11.3 Å². The smallest absolute Gasteiger partial charge is 0.0784 e. The van der Waals surface area contributed by atoms with Crippen LogP contribution in [-0.2, 0) is 10.8 Å². The minimum Gasteiger partial charge on any atom is -0.260 e. The first-order valence-electron chi connectivity index (χ1n) is 15.4. The predicted octanol–water partition coefficient (Wildman–Crippen LogP) is 9.71. The maximum absolute atomic E-state index is 5.55. The Hall–Kier alpha value is -5.41. The Kier molecular flexibility index (Phi) is 7.31. The number of hydrogen-bond acceptors (Lipinski definition) is 3. The molecule has 45 heavy (non-hydrogen) atoms. The molecule has 0 saturated carbocycles. The quantitative estimate of drug-likeness (QED) is 0.188. The van der Waals surface area contributed by atoms with Crippen molar-refractivity contribution in [2.75, 3.05) is 0 Å². The molecule has 0 saturated heterocycles. The van der Waals surface area contributed by atoms with E-state index in [-0.39, 0.29) is 0 Å². The number of rotatable bonds is 7. The molecule has 0 amide bonds. The lowest BCUT2D eigenvalue weighted by molar-refractivity contribution is 0.643. The maximum Gasteiger partial charge on any atom is 0.0784 e. The van der Waals surface area contributed by atoms with E-state index in [1.54, 1.807) is 0 Å². The van der Waals surface area contributed by atoms with Gasteiger partial charge in [0.1, 0.15) is 0 Å². The van der Waals surface area contributed by atoms with Crippen molar-refractivity contribution in [2.45, 2.75) is 31.6 Å². The van der Waals surface area contributed by atoms with Crippen LogP contribution in [0.25, 0.3) is 22.0 Å². The lowest BCUT2D eigenvalue weighted by Crippen LogP contribution is -2.28. The van der Waals surface area contributed by atoms with Gasteiger partial charge in [-0.2, -0.15) is 0 Å². The molecule has 2 atom stereocenters. The molecule has 7 rings (SSSR count). The van der Waals surface area contributed by atoms with Crippen LogP contribution < -0.4 is 0 Å². The summed E-state index contributed by atoms with van der Waals surface area (Å²) >= 11 is 0. The molecule has 3 heteroatoms. The molecule has 0 aliphatic carbocycles. The zero-order valence-corrected chi connectivity index (χ0v) is 25.9. The van der Waals surface area contributed by atoms with Gasteiger partial charge in [0.2, 0.25) is 0 Å². The van der Waals surface area contributed by atoms with Gasteiger partial charge in [0, 0.05) is 23.3 Å². The maximum atomic E-state index is 5.55. The van der Waals surface area contributed by atoms with Crippen molar-refractivity contribution in [1.29, 1.82) is 0 Å². The van der Waals surface area contributed by atoms with Crippen LogP contribution in [0.3, 0.4) is 0 Å². The second-order valence-electron chi connectivity index (χ2n) is 12.1.